The molecule has 0 radical (unpaired) electrons. The van der Waals surface area contributed by atoms with E-state index in [4.69, 9.17) is 5.73 Å². The van der Waals surface area contributed by atoms with Crippen molar-refractivity contribution in [3.63, 3.8) is 0 Å². The van der Waals surface area contributed by atoms with Crippen molar-refractivity contribution in [3.8, 4) is 0 Å². The first-order valence-corrected chi connectivity index (χ1v) is 4.66. The molecule has 0 fully saturated rings. The monoisotopic (exact) mass is 229 g/mol. The summed E-state index contributed by atoms with van der Waals surface area (Å²) in [6.07, 6.45) is 0.699. The number of hydrogen-bond donors (Lipinski definition) is 1. The lowest BCUT2D eigenvalue weighted by Crippen LogP contribution is -2.12. The van der Waals surface area contributed by atoms with E-state index < -0.39 is 0 Å². The van der Waals surface area contributed by atoms with Crippen molar-refractivity contribution in [2.24, 2.45) is 5.73 Å². The molecule has 0 aliphatic heterocycles. The summed E-state index contributed by atoms with van der Waals surface area (Å²) in [4.78, 5) is 0. The van der Waals surface area contributed by atoms with Gasteiger partial charge in [0.05, 0.1) is 0 Å². The molecule has 3 heteroatoms. The van der Waals surface area contributed by atoms with Gasteiger partial charge in [0.1, 0.15) is 5.82 Å². The maximum atomic E-state index is 13.0. The van der Waals surface area contributed by atoms with Crippen LogP contribution >= 0.6 is 12.4 Å². The zero-order valence-corrected chi connectivity index (χ0v) is 9.90. The van der Waals surface area contributed by atoms with Crippen LogP contribution in [0.2, 0.25) is 0 Å². The molecule has 0 spiro atoms. The fraction of sp³-hybridized carbons (Fsp3) is 0.333. The summed E-state index contributed by atoms with van der Waals surface area (Å²) in [5, 5.41) is 0. The van der Waals surface area contributed by atoms with Crippen molar-refractivity contribution >= 4 is 12.4 Å². The van der Waals surface area contributed by atoms with Crippen LogP contribution in [0.15, 0.2) is 30.4 Å². The number of benzene rings is 1. The Morgan fingerprint density at radius 3 is 2.67 bits per heavy atom. The molecule has 0 saturated carbocycles. The van der Waals surface area contributed by atoms with E-state index in [1.807, 2.05) is 13.8 Å². The summed E-state index contributed by atoms with van der Waals surface area (Å²) in [6.45, 7) is 7.66. The molecule has 0 unspecified atom stereocenters. The molecule has 1 aromatic carbocycles. The van der Waals surface area contributed by atoms with Gasteiger partial charge in [0.15, 0.2) is 0 Å². The Bertz CT molecular complexity index is 349. The van der Waals surface area contributed by atoms with Crippen molar-refractivity contribution < 1.29 is 4.39 Å². The summed E-state index contributed by atoms with van der Waals surface area (Å²) in [7, 11) is 0. The Kier molecular flexibility index (Phi) is 5.55. The second-order valence-corrected chi connectivity index (χ2v) is 3.77. The Hall–Kier alpha value is -0.860. The number of rotatable bonds is 3. The predicted octanol–water partition coefficient (Wildman–Crippen LogP) is 3.52. The lowest BCUT2D eigenvalue weighted by atomic mass is 9.97. The van der Waals surface area contributed by atoms with Crippen LogP contribution in [0, 0.1) is 12.7 Å². The molecular formula is C12H17ClFN. The first kappa shape index (κ1) is 14.1. The fourth-order valence-electron chi connectivity index (χ4n) is 1.50. The van der Waals surface area contributed by atoms with Gasteiger partial charge in [0.25, 0.3) is 0 Å². The van der Waals surface area contributed by atoms with Crippen LogP contribution in [-0.2, 0) is 0 Å². The van der Waals surface area contributed by atoms with Gasteiger partial charge in [0, 0.05) is 6.04 Å². The van der Waals surface area contributed by atoms with E-state index >= 15 is 0 Å². The predicted molar refractivity (Wildman–Crippen MR) is 64.7 cm³/mol. The topological polar surface area (TPSA) is 26.0 Å². The van der Waals surface area contributed by atoms with Crippen LogP contribution in [0.1, 0.15) is 30.5 Å². The van der Waals surface area contributed by atoms with Crippen LogP contribution in [0.4, 0.5) is 4.39 Å². The van der Waals surface area contributed by atoms with Gasteiger partial charge in [-0.3, -0.25) is 0 Å². The van der Waals surface area contributed by atoms with E-state index in [0.717, 1.165) is 16.7 Å². The Labute approximate surface area is 96.6 Å². The van der Waals surface area contributed by atoms with Gasteiger partial charge in [-0.2, -0.15) is 0 Å². The summed E-state index contributed by atoms with van der Waals surface area (Å²) in [5.74, 6) is -0.234. The van der Waals surface area contributed by atoms with Gasteiger partial charge in [-0.25, -0.2) is 4.39 Å². The number of hydrogen-bond acceptors (Lipinski definition) is 1. The quantitative estimate of drug-likeness (QED) is 0.789. The van der Waals surface area contributed by atoms with Gasteiger partial charge >= 0.3 is 0 Å². The fourth-order valence-corrected chi connectivity index (χ4v) is 1.50. The normalized spacial score (nSPS) is 11.7. The molecule has 84 valence electrons. The summed E-state index contributed by atoms with van der Waals surface area (Å²) in [6, 6.07) is 4.56. The van der Waals surface area contributed by atoms with E-state index in [-0.39, 0.29) is 24.3 Å². The molecule has 1 rings (SSSR count). The van der Waals surface area contributed by atoms with Crippen molar-refractivity contribution in [2.75, 3.05) is 0 Å². The number of halogens is 2. The minimum absolute atomic E-state index is 0. The molecule has 0 bridgehead atoms. The number of nitrogens with two attached hydrogens (primary N) is 1. The minimum atomic E-state index is -0.234. The first-order chi connectivity index (χ1) is 6.50. The molecule has 0 saturated heterocycles. The maximum absolute atomic E-state index is 13.0. The highest BCUT2D eigenvalue weighted by Crippen LogP contribution is 2.21. The molecule has 0 heterocycles. The Morgan fingerprint density at radius 1 is 1.53 bits per heavy atom. The molecule has 0 amide bonds. The van der Waals surface area contributed by atoms with E-state index in [9.17, 15) is 4.39 Å². The highest BCUT2D eigenvalue weighted by Gasteiger charge is 2.09. The lowest BCUT2D eigenvalue weighted by molar-refractivity contribution is 0.617. The Balaban J connectivity index is 0.00000196. The van der Waals surface area contributed by atoms with Crippen LogP contribution in [-0.4, -0.2) is 0 Å². The average molecular weight is 230 g/mol. The molecule has 0 aromatic heterocycles. The van der Waals surface area contributed by atoms with E-state index in [1.54, 1.807) is 6.07 Å². The summed E-state index contributed by atoms with van der Waals surface area (Å²) in [5.41, 5.74) is 8.85. The molecule has 0 aliphatic carbocycles. The zero-order chi connectivity index (χ0) is 10.7. The van der Waals surface area contributed by atoms with E-state index in [2.05, 4.69) is 6.58 Å². The molecule has 1 nitrogen and oxygen atoms in total. The third-order valence-corrected chi connectivity index (χ3v) is 2.21. The van der Waals surface area contributed by atoms with Crippen molar-refractivity contribution in [1.82, 2.24) is 0 Å². The minimum Gasteiger partial charge on any atom is -0.324 e. The molecule has 1 atom stereocenters. The first-order valence-electron chi connectivity index (χ1n) is 4.66. The SMILES string of the molecule is C=C(C)C[C@H](N)c1cc(F)ccc1C.Cl. The van der Waals surface area contributed by atoms with Crippen molar-refractivity contribution in [3.05, 3.63) is 47.3 Å². The lowest BCUT2D eigenvalue weighted by Gasteiger charge is -2.14. The second kappa shape index (κ2) is 5.89. The van der Waals surface area contributed by atoms with Crippen LogP contribution < -0.4 is 5.73 Å². The van der Waals surface area contributed by atoms with Gasteiger partial charge in [-0.1, -0.05) is 11.6 Å². The van der Waals surface area contributed by atoms with Gasteiger partial charge in [-0.15, -0.1) is 19.0 Å². The van der Waals surface area contributed by atoms with Crippen molar-refractivity contribution in [1.29, 1.82) is 0 Å². The van der Waals surface area contributed by atoms with Crippen LogP contribution in [0.3, 0.4) is 0 Å². The van der Waals surface area contributed by atoms with Crippen LogP contribution in [0.25, 0.3) is 0 Å². The van der Waals surface area contributed by atoms with Gasteiger partial charge in [0.2, 0.25) is 0 Å². The standard InChI is InChI=1S/C12H16FN.ClH/c1-8(2)6-12(14)11-7-10(13)5-4-9(11)3;/h4-5,7,12H,1,6,14H2,2-3H3;1H/t12-;/m0./s1. The van der Waals surface area contributed by atoms with E-state index in [1.165, 1.54) is 12.1 Å². The summed E-state index contributed by atoms with van der Waals surface area (Å²) >= 11 is 0. The molecular weight excluding hydrogens is 213 g/mol. The maximum Gasteiger partial charge on any atom is 0.123 e. The third-order valence-electron chi connectivity index (χ3n) is 2.21. The highest BCUT2D eigenvalue weighted by molar-refractivity contribution is 5.85. The van der Waals surface area contributed by atoms with E-state index in [0.29, 0.717) is 6.42 Å². The Morgan fingerprint density at radius 2 is 2.13 bits per heavy atom. The molecule has 1 aromatic rings. The largest absolute Gasteiger partial charge is 0.324 e. The molecule has 15 heavy (non-hydrogen) atoms. The second-order valence-electron chi connectivity index (χ2n) is 3.77. The highest BCUT2D eigenvalue weighted by atomic mass is 35.5. The molecule has 0 aliphatic rings. The molecule has 2 N–H and O–H groups in total. The summed E-state index contributed by atoms with van der Waals surface area (Å²) < 4.78 is 13.0. The third kappa shape index (κ3) is 4.02. The van der Waals surface area contributed by atoms with Crippen LogP contribution in [0.5, 0.6) is 0 Å². The van der Waals surface area contributed by atoms with Gasteiger partial charge in [-0.05, 0) is 43.5 Å². The average Bonchev–Trinajstić information content (AvgIpc) is 2.08. The number of aryl methyl sites for hydroxylation is 1. The zero-order valence-electron chi connectivity index (χ0n) is 9.09. The smallest absolute Gasteiger partial charge is 0.123 e. The van der Waals surface area contributed by atoms with Gasteiger partial charge < -0.3 is 5.73 Å². The van der Waals surface area contributed by atoms with Crippen molar-refractivity contribution in [2.45, 2.75) is 26.3 Å².